The number of thiophene rings is 1. The van der Waals surface area contributed by atoms with E-state index < -0.39 is 0 Å². The molecule has 3 atom stereocenters. The van der Waals surface area contributed by atoms with Crippen LogP contribution >= 0.6 is 11.3 Å². The van der Waals surface area contributed by atoms with Gasteiger partial charge in [0.25, 0.3) is 0 Å². The van der Waals surface area contributed by atoms with Gasteiger partial charge in [-0.25, -0.2) is 0 Å². The number of carbonyl (C=O) groups excluding carboxylic acids is 2. The first-order chi connectivity index (χ1) is 16.3. The SMILES string of the molecule is Cc1cc(-c2ccnc3cc(CN4C(=O)C5C(C4=O)C5(C)C)sc23)c(OC2CCCNC2)cn1. The van der Waals surface area contributed by atoms with Crippen molar-refractivity contribution in [1.29, 1.82) is 0 Å². The zero-order chi connectivity index (χ0) is 23.6. The van der Waals surface area contributed by atoms with E-state index in [4.69, 9.17) is 4.74 Å². The standard InChI is InChI=1S/C26H28N4O3S/c1-14-9-18(20(12-29-14)33-15-5-4-7-27-11-15)17-6-8-28-19-10-16(34-23(17)19)13-30-24(31)21-22(25(30)32)26(21,2)3/h6,8-10,12,15,21-22,27H,4-5,7,11,13H2,1-3H3. The maximum absolute atomic E-state index is 12.8. The lowest BCUT2D eigenvalue weighted by Crippen LogP contribution is -2.37. The van der Waals surface area contributed by atoms with E-state index in [0.717, 1.165) is 63.6 Å². The number of carbonyl (C=O) groups is 2. The Morgan fingerprint density at radius 3 is 2.71 bits per heavy atom. The van der Waals surface area contributed by atoms with Crippen LogP contribution in [-0.2, 0) is 16.1 Å². The summed E-state index contributed by atoms with van der Waals surface area (Å²) >= 11 is 1.59. The highest BCUT2D eigenvalue weighted by Crippen LogP contribution is 2.63. The number of fused-ring (bicyclic) bond motifs is 2. The Kier molecular flexibility index (Phi) is 5.00. The van der Waals surface area contributed by atoms with E-state index in [9.17, 15) is 9.59 Å². The number of imide groups is 1. The van der Waals surface area contributed by atoms with Crippen molar-refractivity contribution < 1.29 is 14.3 Å². The third kappa shape index (κ3) is 3.43. The van der Waals surface area contributed by atoms with Crippen molar-refractivity contribution in [3.63, 3.8) is 0 Å². The summed E-state index contributed by atoms with van der Waals surface area (Å²) in [5.41, 5.74) is 3.62. The summed E-state index contributed by atoms with van der Waals surface area (Å²) in [6.07, 6.45) is 5.86. The maximum Gasteiger partial charge on any atom is 0.234 e. The fourth-order valence-electron chi connectivity index (χ4n) is 5.54. The van der Waals surface area contributed by atoms with Gasteiger partial charge in [-0.3, -0.25) is 24.5 Å². The van der Waals surface area contributed by atoms with Crippen LogP contribution in [0, 0.1) is 24.2 Å². The highest BCUT2D eigenvalue weighted by molar-refractivity contribution is 7.19. The normalized spacial score (nSPS) is 25.6. The minimum atomic E-state index is -0.191. The summed E-state index contributed by atoms with van der Waals surface area (Å²) in [6.45, 7) is 8.16. The number of likely N-dealkylation sites (tertiary alicyclic amines) is 1. The molecule has 8 heteroatoms. The van der Waals surface area contributed by atoms with Gasteiger partial charge in [-0.2, -0.15) is 0 Å². The van der Waals surface area contributed by atoms with Gasteiger partial charge in [-0.05, 0) is 49.9 Å². The van der Waals surface area contributed by atoms with Crippen LogP contribution in [0.15, 0.2) is 30.6 Å². The molecule has 7 nitrogen and oxygen atoms in total. The van der Waals surface area contributed by atoms with Gasteiger partial charge >= 0.3 is 0 Å². The molecule has 0 radical (unpaired) electrons. The summed E-state index contributed by atoms with van der Waals surface area (Å²) in [6, 6.07) is 6.06. The van der Waals surface area contributed by atoms with Crippen molar-refractivity contribution in [3.8, 4) is 16.9 Å². The number of hydrogen-bond acceptors (Lipinski definition) is 7. The molecule has 0 spiro atoms. The zero-order valence-corrected chi connectivity index (χ0v) is 20.4. The Bertz CT molecular complexity index is 1290. The molecule has 3 aromatic rings. The first kappa shape index (κ1) is 21.7. The third-order valence-corrected chi connectivity index (χ3v) is 8.65. The van der Waals surface area contributed by atoms with Crippen LogP contribution in [0.5, 0.6) is 5.75 Å². The molecule has 1 saturated carbocycles. The summed E-state index contributed by atoms with van der Waals surface area (Å²) in [5.74, 6) is 0.391. The number of hydrogen-bond donors (Lipinski definition) is 1. The van der Waals surface area contributed by atoms with Crippen LogP contribution in [0.3, 0.4) is 0 Å². The van der Waals surface area contributed by atoms with Gasteiger partial charge in [0, 0.05) is 34.4 Å². The molecule has 2 amide bonds. The summed E-state index contributed by atoms with van der Waals surface area (Å²) < 4.78 is 7.41. The van der Waals surface area contributed by atoms with Crippen LogP contribution < -0.4 is 10.1 Å². The second kappa shape index (κ2) is 7.85. The highest BCUT2D eigenvalue weighted by Gasteiger charge is 2.72. The number of piperidine rings is 2. The van der Waals surface area contributed by atoms with Crippen LogP contribution in [0.2, 0.25) is 0 Å². The Morgan fingerprint density at radius 1 is 1.18 bits per heavy atom. The van der Waals surface area contributed by atoms with Crippen LogP contribution in [0.4, 0.5) is 0 Å². The minimum Gasteiger partial charge on any atom is -0.487 e. The molecular formula is C26H28N4O3S. The predicted octanol–water partition coefficient (Wildman–Crippen LogP) is 3.94. The Labute approximate surface area is 202 Å². The van der Waals surface area contributed by atoms with Crippen molar-refractivity contribution in [1.82, 2.24) is 20.2 Å². The lowest BCUT2D eigenvalue weighted by molar-refractivity contribution is -0.143. The third-order valence-electron chi connectivity index (χ3n) is 7.51. The topological polar surface area (TPSA) is 84.4 Å². The maximum atomic E-state index is 12.8. The van der Waals surface area contributed by atoms with E-state index in [0.29, 0.717) is 6.54 Å². The molecule has 3 unspecified atom stereocenters. The monoisotopic (exact) mass is 476 g/mol. The number of amides is 2. The van der Waals surface area contributed by atoms with Gasteiger partial charge in [-0.15, -0.1) is 11.3 Å². The molecule has 6 rings (SSSR count). The smallest absolute Gasteiger partial charge is 0.234 e. The van der Waals surface area contributed by atoms with E-state index in [1.165, 1.54) is 4.90 Å². The lowest BCUT2D eigenvalue weighted by atomic mass is 10.0. The average Bonchev–Trinajstić information content (AvgIpc) is 3.06. The Hall–Kier alpha value is -2.84. The fraction of sp³-hybridized carbons (Fsp3) is 0.462. The quantitative estimate of drug-likeness (QED) is 0.562. The van der Waals surface area contributed by atoms with E-state index in [1.54, 1.807) is 17.5 Å². The molecule has 5 heterocycles. The minimum absolute atomic E-state index is 0.0350. The number of pyridine rings is 2. The van der Waals surface area contributed by atoms with Gasteiger partial charge in [-0.1, -0.05) is 13.8 Å². The summed E-state index contributed by atoms with van der Waals surface area (Å²) in [7, 11) is 0. The van der Waals surface area contributed by atoms with Crippen molar-refractivity contribution in [2.24, 2.45) is 17.3 Å². The molecule has 176 valence electrons. The molecule has 0 bridgehead atoms. The molecule has 1 aliphatic carbocycles. The van der Waals surface area contributed by atoms with Gasteiger partial charge in [0.1, 0.15) is 11.9 Å². The van der Waals surface area contributed by atoms with E-state index in [2.05, 4.69) is 21.4 Å². The number of nitrogens with zero attached hydrogens (tertiary/aromatic N) is 3. The molecular weight excluding hydrogens is 448 g/mol. The van der Waals surface area contributed by atoms with E-state index >= 15 is 0 Å². The van der Waals surface area contributed by atoms with Crippen molar-refractivity contribution in [3.05, 3.63) is 41.2 Å². The van der Waals surface area contributed by atoms with E-state index in [1.807, 2.05) is 39.1 Å². The van der Waals surface area contributed by atoms with Crippen molar-refractivity contribution in [2.75, 3.05) is 13.1 Å². The van der Waals surface area contributed by atoms with Gasteiger partial charge in [0.15, 0.2) is 0 Å². The predicted molar refractivity (Wildman–Crippen MR) is 130 cm³/mol. The molecule has 0 aromatic carbocycles. The highest BCUT2D eigenvalue weighted by atomic mass is 32.1. The van der Waals surface area contributed by atoms with Gasteiger partial charge in [0.05, 0.1) is 34.8 Å². The molecule has 34 heavy (non-hydrogen) atoms. The molecule has 2 aliphatic heterocycles. The second-order valence-electron chi connectivity index (χ2n) is 10.2. The summed E-state index contributed by atoms with van der Waals surface area (Å²) in [4.78, 5) is 37.1. The molecule has 3 aliphatic rings. The number of nitrogens with one attached hydrogen (secondary N) is 1. The molecule has 2 saturated heterocycles. The Morgan fingerprint density at radius 2 is 1.97 bits per heavy atom. The van der Waals surface area contributed by atoms with Crippen LogP contribution in [-0.4, -0.2) is 45.9 Å². The van der Waals surface area contributed by atoms with Gasteiger partial charge < -0.3 is 10.1 Å². The van der Waals surface area contributed by atoms with Crippen molar-refractivity contribution in [2.45, 2.75) is 46.3 Å². The molecule has 1 N–H and O–H groups in total. The average molecular weight is 477 g/mol. The van der Waals surface area contributed by atoms with Gasteiger partial charge in [0.2, 0.25) is 11.8 Å². The summed E-state index contributed by atoms with van der Waals surface area (Å²) in [5, 5.41) is 3.40. The largest absolute Gasteiger partial charge is 0.487 e. The van der Waals surface area contributed by atoms with Crippen molar-refractivity contribution >= 4 is 33.4 Å². The number of ether oxygens (including phenoxy) is 1. The number of rotatable bonds is 5. The van der Waals surface area contributed by atoms with Crippen LogP contribution in [0.25, 0.3) is 21.3 Å². The first-order valence-corrected chi connectivity index (χ1v) is 12.7. The molecule has 3 fully saturated rings. The van der Waals surface area contributed by atoms with E-state index in [-0.39, 0.29) is 35.2 Å². The number of aromatic nitrogens is 2. The lowest BCUT2D eigenvalue weighted by Gasteiger charge is -2.25. The Balaban J connectivity index is 1.33. The second-order valence-corrected chi connectivity index (χ2v) is 11.4. The number of aryl methyl sites for hydroxylation is 1. The fourth-order valence-corrected chi connectivity index (χ4v) is 6.68. The first-order valence-electron chi connectivity index (χ1n) is 11.9. The molecule has 3 aromatic heterocycles. The zero-order valence-electron chi connectivity index (χ0n) is 19.6. The van der Waals surface area contributed by atoms with Crippen LogP contribution in [0.1, 0.15) is 37.3 Å².